The van der Waals surface area contributed by atoms with Crippen molar-refractivity contribution in [1.82, 2.24) is 19.9 Å². The smallest absolute Gasteiger partial charge is 0.266 e. The monoisotopic (exact) mass is 335 g/mol. The van der Waals surface area contributed by atoms with Crippen molar-refractivity contribution in [1.29, 1.82) is 0 Å². The van der Waals surface area contributed by atoms with E-state index in [-0.39, 0.29) is 5.41 Å². The van der Waals surface area contributed by atoms with E-state index in [4.69, 9.17) is 4.52 Å². The van der Waals surface area contributed by atoms with Crippen molar-refractivity contribution < 1.29 is 9.32 Å². The number of carbonyl (C=O) groups is 1. The summed E-state index contributed by atoms with van der Waals surface area (Å²) >= 11 is 0. The van der Waals surface area contributed by atoms with Gasteiger partial charge in [-0.2, -0.15) is 4.98 Å². The minimum atomic E-state index is 0.172. The number of aryl methyl sites for hydroxylation is 1. The second kappa shape index (κ2) is 7.09. The molecule has 7 heteroatoms. The molecule has 3 rings (SSSR count). The van der Waals surface area contributed by atoms with E-state index < -0.39 is 0 Å². The number of likely N-dealkylation sites (tertiary alicyclic amines) is 1. The number of anilines is 1. The molecular formula is C17H29N5O2. The number of rotatable bonds is 5. The van der Waals surface area contributed by atoms with Crippen molar-refractivity contribution in [3.8, 4) is 0 Å². The van der Waals surface area contributed by atoms with Crippen molar-refractivity contribution in [3.63, 3.8) is 0 Å². The fraction of sp³-hybridized carbons (Fsp3) is 0.824. The normalized spacial score (nSPS) is 25.1. The maximum Gasteiger partial charge on any atom is 0.266 e. The highest BCUT2D eigenvalue weighted by Gasteiger charge is 2.42. The highest BCUT2D eigenvalue weighted by molar-refractivity contribution is 5.77. The summed E-state index contributed by atoms with van der Waals surface area (Å²) in [6.07, 6.45) is 4.69. The zero-order valence-electron chi connectivity index (χ0n) is 15.1. The third kappa shape index (κ3) is 3.71. The van der Waals surface area contributed by atoms with Gasteiger partial charge in [-0.1, -0.05) is 6.92 Å². The van der Waals surface area contributed by atoms with Gasteiger partial charge in [0.15, 0.2) is 0 Å². The van der Waals surface area contributed by atoms with Gasteiger partial charge in [0.1, 0.15) is 0 Å². The Bertz CT molecular complexity index is 573. The molecule has 24 heavy (non-hydrogen) atoms. The highest BCUT2D eigenvalue weighted by atomic mass is 16.5. The van der Waals surface area contributed by atoms with Crippen LogP contribution < -0.4 is 4.90 Å². The molecule has 1 aromatic rings. The standard InChI is InChI=1S/C17H29N5O2/c1-4-14-18-16(19-24-14)22-9-5-7-17(13-22)8-6-15(23)21(12-17)11-10-20(2)3/h4-13H2,1-3H3/t17-/m0/s1. The predicted octanol–water partition coefficient (Wildman–Crippen LogP) is 1.40. The van der Waals surface area contributed by atoms with Crippen LogP contribution in [0.3, 0.4) is 0 Å². The van der Waals surface area contributed by atoms with Crippen molar-refractivity contribution >= 4 is 11.9 Å². The Morgan fingerprint density at radius 1 is 1.29 bits per heavy atom. The minimum Gasteiger partial charge on any atom is -0.341 e. The zero-order chi connectivity index (χ0) is 17.2. The number of aromatic nitrogens is 2. The molecule has 1 spiro atoms. The number of hydrogen-bond donors (Lipinski definition) is 0. The molecule has 7 nitrogen and oxygen atoms in total. The summed E-state index contributed by atoms with van der Waals surface area (Å²) in [5.74, 6) is 1.70. The topological polar surface area (TPSA) is 65.7 Å². The molecule has 0 radical (unpaired) electrons. The Labute approximate surface area is 144 Å². The Morgan fingerprint density at radius 3 is 2.83 bits per heavy atom. The van der Waals surface area contributed by atoms with Gasteiger partial charge in [-0.05, 0) is 38.5 Å². The molecule has 0 N–H and O–H groups in total. The van der Waals surface area contributed by atoms with Gasteiger partial charge in [0.25, 0.3) is 5.95 Å². The fourth-order valence-corrected chi connectivity index (χ4v) is 3.86. The quantitative estimate of drug-likeness (QED) is 0.810. The summed E-state index contributed by atoms with van der Waals surface area (Å²) in [6.45, 7) is 6.49. The van der Waals surface area contributed by atoms with Crippen LogP contribution >= 0.6 is 0 Å². The molecule has 0 aliphatic carbocycles. The second-order valence-corrected chi connectivity index (χ2v) is 7.49. The van der Waals surface area contributed by atoms with Gasteiger partial charge in [-0.15, -0.1) is 0 Å². The van der Waals surface area contributed by atoms with Crippen LogP contribution in [0.5, 0.6) is 0 Å². The molecule has 2 saturated heterocycles. The van der Waals surface area contributed by atoms with Crippen LogP contribution in [-0.2, 0) is 11.2 Å². The first-order valence-electron chi connectivity index (χ1n) is 9.01. The average molecular weight is 335 g/mol. The van der Waals surface area contributed by atoms with Crippen LogP contribution in [0.4, 0.5) is 5.95 Å². The summed E-state index contributed by atoms with van der Waals surface area (Å²) in [4.78, 5) is 23.2. The summed E-state index contributed by atoms with van der Waals surface area (Å²) in [7, 11) is 4.10. The van der Waals surface area contributed by atoms with Crippen LogP contribution in [0.15, 0.2) is 4.52 Å². The van der Waals surface area contributed by atoms with E-state index in [0.29, 0.717) is 24.2 Å². The number of likely N-dealkylation sites (N-methyl/N-ethyl adjacent to an activating group) is 1. The van der Waals surface area contributed by atoms with Gasteiger partial charge in [0.2, 0.25) is 11.8 Å². The molecule has 0 unspecified atom stereocenters. The summed E-state index contributed by atoms with van der Waals surface area (Å²) in [5, 5.41) is 4.13. The summed E-state index contributed by atoms with van der Waals surface area (Å²) < 4.78 is 5.27. The lowest BCUT2D eigenvalue weighted by Crippen LogP contribution is -2.55. The predicted molar refractivity (Wildman–Crippen MR) is 91.9 cm³/mol. The maximum atomic E-state index is 12.3. The molecule has 2 fully saturated rings. The number of amides is 1. The lowest BCUT2D eigenvalue weighted by Gasteiger charge is -2.48. The van der Waals surface area contributed by atoms with Crippen molar-refractivity contribution in [2.24, 2.45) is 5.41 Å². The van der Waals surface area contributed by atoms with Gasteiger partial charge in [-0.3, -0.25) is 4.79 Å². The SMILES string of the molecule is CCc1nc(N2CCC[C@@]3(CCC(=O)N(CCN(C)C)C3)C2)no1. The third-order valence-electron chi connectivity index (χ3n) is 5.27. The van der Waals surface area contributed by atoms with Gasteiger partial charge < -0.3 is 19.2 Å². The Balaban J connectivity index is 1.68. The lowest BCUT2D eigenvalue weighted by molar-refractivity contribution is -0.138. The number of carbonyl (C=O) groups excluding carboxylic acids is 1. The van der Waals surface area contributed by atoms with Gasteiger partial charge in [-0.25, -0.2) is 0 Å². The van der Waals surface area contributed by atoms with Crippen LogP contribution in [0.2, 0.25) is 0 Å². The van der Waals surface area contributed by atoms with Crippen molar-refractivity contribution in [2.75, 3.05) is 51.7 Å². The Hall–Kier alpha value is -1.63. The lowest BCUT2D eigenvalue weighted by atomic mass is 9.73. The molecule has 2 aliphatic heterocycles. The second-order valence-electron chi connectivity index (χ2n) is 7.49. The Kier molecular flexibility index (Phi) is 5.08. The molecule has 1 amide bonds. The molecule has 0 saturated carbocycles. The van der Waals surface area contributed by atoms with Crippen LogP contribution in [0.25, 0.3) is 0 Å². The molecule has 0 aromatic carbocycles. The first-order valence-corrected chi connectivity index (χ1v) is 9.01. The average Bonchev–Trinajstić information content (AvgIpc) is 3.05. The van der Waals surface area contributed by atoms with E-state index >= 15 is 0 Å². The molecule has 2 aliphatic rings. The van der Waals surface area contributed by atoms with Crippen LogP contribution in [-0.4, -0.2) is 72.7 Å². The number of hydrogen-bond acceptors (Lipinski definition) is 6. The summed E-state index contributed by atoms with van der Waals surface area (Å²) in [6, 6.07) is 0. The molecule has 134 valence electrons. The van der Waals surface area contributed by atoms with E-state index in [1.807, 2.05) is 21.0 Å². The summed E-state index contributed by atoms with van der Waals surface area (Å²) in [5.41, 5.74) is 0.172. The third-order valence-corrected chi connectivity index (χ3v) is 5.27. The van der Waals surface area contributed by atoms with Crippen molar-refractivity contribution in [3.05, 3.63) is 5.89 Å². The largest absolute Gasteiger partial charge is 0.341 e. The van der Waals surface area contributed by atoms with Crippen LogP contribution in [0, 0.1) is 5.41 Å². The van der Waals surface area contributed by atoms with Gasteiger partial charge in [0.05, 0.1) is 0 Å². The number of piperidine rings is 2. The zero-order valence-corrected chi connectivity index (χ0v) is 15.1. The molecule has 1 aromatic heterocycles. The maximum absolute atomic E-state index is 12.3. The van der Waals surface area contributed by atoms with Gasteiger partial charge in [0, 0.05) is 51.0 Å². The van der Waals surface area contributed by atoms with E-state index in [1.54, 1.807) is 0 Å². The minimum absolute atomic E-state index is 0.172. The van der Waals surface area contributed by atoms with Crippen molar-refractivity contribution in [2.45, 2.75) is 39.0 Å². The highest BCUT2D eigenvalue weighted by Crippen LogP contribution is 2.39. The first-order chi connectivity index (χ1) is 11.5. The molecular weight excluding hydrogens is 306 g/mol. The molecule has 1 atom stereocenters. The van der Waals surface area contributed by atoms with E-state index in [0.717, 1.165) is 52.0 Å². The van der Waals surface area contributed by atoms with E-state index in [2.05, 4.69) is 24.8 Å². The van der Waals surface area contributed by atoms with E-state index in [9.17, 15) is 4.79 Å². The fourth-order valence-electron chi connectivity index (χ4n) is 3.86. The Morgan fingerprint density at radius 2 is 2.12 bits per heavy atom. The molecule has 3 heterocycles. The van der Waals surface area contributed by atoms with Gasteiger partial charge >= 0.3 is 0 Å². The van der Waals surface area contributed by atoms with E-state index in [1.165, 1.54) is 6.42 Å². The van der Waals surface area contributed by atoms with Crippen LogP contribution in [0.1, 0.15) is 38.5 Å². The molecule has 0 bridgehead atoms. The first kappa shape index (κ1) is 17.2. The number of nitrogens with zero attached hydrogens (tertiary/aromatic N) is 5.